The van der Waals surface area contributed by atoms with Gasteiger partial charge < -0.3 is 10.2 Å². The molecule has 0 aromatic carbocycles. The minimum atomic E-state index is -0.0570. The van der Waals surface area contributed by atoms with Crippen molar-refractivity contribution in [3.8, 4) is 0 Å². The van der Waals surface area contributed by atoms with Crippen LogP contribution in [0.1, 0.15) is 47.0 Å². The minimum Gasteiger partial charge on any atom is -0.353 e. The van der Waals surface area contributed by atoms with Crippen molar-refractivity contribution >= 4 is 11.8 Å². The molecule has 138 valence electrons. The molecule has 0 radical (unpaired) electrons. The van der Waals surface area contributed by atoms with Crippen LogP contribution in [-0.2, 0) is 9.59 Å². The van der Waals surface area contributed by atoms with Crippen molar-refractivity contribution in [3.63, 3.8) is 0 Å². The lowest BCUT2D eigenvalue weighted by atomic mass is 10.0. The zero-order valence-corrected chi connectivity index (χ0v) is 15.9. The fourth-order valence-corrected chi connectivity index (χ4v) is 4.20. The number of fused-ring (bicyclic) bond motifs is 1. The summed E-state index contributed by atoms with van der Waals surface area (Å²) in [6, 6.07) is 0.803. The molecular formula is C18H34N4O2. The number of nitrogens with zero attached hydrogens (tertiary/aromatic N) is 3. The number of carbonyl (C=O) groups excluding carboxylic acids is 2. The first kappa shape index (κ1) is 19.2. The largest absolute Gasteiger partial charge is 0.353 e. The Bertz CT molecular complexity index is 450. The zero-order valence-electron chi connectivity index (χ0n) is 15.9. The van der Waals surface area contributed by atoms with Crippen LogP contribution in [0.3, 0.4) is 0 Å². The summed E-state index contributed by atoms with van der Waals surface area (Å²) in [5, 5.41) is 3.12. The van der Waals surface area contributed by atoms with Gasteiger partial charge in [0.15, 0.2) is 0 Å². The quantitative estimate of drug-likeness (QED) is 0.782. The lowest BCUT2D eigenvalue weighted by Gasteiger charge is -2.34. The highest BCUT2D eigenvalue weighted by atomic mass is 16.2. The average molecular weight is 338 g/mol. The van der Waals surface area contributed by atoms with Crippen molar-refractivity contribution in [3.05, 3.63) is 0 Å². The van der Waals surface area contributed by atoms with Crippen molar-refractivity contribution in [2.45, 2.75) is 71.1 Å². The van der Waals surface area contributed by atoms with Crippen molar-refractivity contribution in [1.82, 2.24) is 20.0 Å². The van der Waals surface area contributed by atoms with Gasteiger partial charge in [-0.1, -0.05) is 0 Å². The average Bonchev–Trinajstić information content (AvgIpc) is 2.96. The number of likely N-dealkylation sites (N-methyl/N-ethyl adjacent to an activating group) is 1. The summed E-state index contributed by atoms with van der Waals surface area (Å²) in [5.41, 5.74) is 0. The van der Waals surface area contributed by atoms with Gasteiger partial charge in [-0.15, -0.1) is 0 Å². The molecule has 0 aromatic rings. The highest BCUT2D eigenvalue weighted by molar-refractivity contribution is 5.83. The first-order chi connectivity index (χ1) is 11.4. The van der Waals surface area contributed by atoms with E-state index in [1.54, 1.807) is 0 Å². The predicted molar refractivity (Wildman–Crippen MR) is 95.8 cm³/mol. The Morgan fingerprint density at radius 2 is 2.00 bits per heavy atom. The molecule has 0 bridgehead atoms. The maximum absolute atomic E-state index is 12.6. The van der Waals surface area contributed by atoms with Crippen LogP contribution in [0.25, 0.3) is 0 Å². The van der Waals surface area contributed by atoms with Crippen LogP contribution >= 0.6 is 0 Å². The van der Waals surface area contributed by atoms with Gasteiger partial charge in [-0.3, -0.25) is 19.4 Å². The van der Waals surface area contributed by atoms with E-state index in [4.69, 9.17) is 0 Å². The van der Waals surface area contributed by atoms with Gasteiger partial charge in [-0.25, -0.2) is 0 Å². The maximum atomic E-state index is 12.6. The van der Waals surface area contributed by atoms with Gasteiger partial charge >= 0.3 is 0 Å². The summed E-state index contributed by atoms with van der Waals surface area (Å²) < 4.78 is 0. The molecule has 2 fully saturated rings. The Balaban J connectivity index is 2.01. The van der Waals surface area contributed by atoms with Gasteiger partial charge in [-0.2, -0.15) is 0 Å². The van der Waals surface area contributed by atoms with Crippen LogP contribution in [-0.4, -0.2) is 83.9 Å². The van der Waals surface area contributed by atoms with Gasteiger partial charge in [-0.05, 0) is 47.6 Å². The Morgan fingerprint density at radius 3 is 2.58 bits per heavy atom. The zero-order chi connectivity index (χ0) is 17.9. The lowest BCUT2D eigenvalue weighted by molar-refractivity contribution is -0.131. The molecule has 0 aromatic heterocycles. The molecule has 0 spiro atoms. The molecule has 6 heteroatoms. The van der Waals surface area contributed by atoms with Crippen LogP contribution in [0.4, 0.5) is 0 Å². The summed E-state index contributed by atoms with van der Waals surface area (Å²) in [4.78, 5) is 31.4. The highest BCUT2D eigenvalue weighted by Gasteiger charge is 2.45. The highest BCUT2D eigenvalue weighted by Crippen LogP contribution is 2.28. The Kier molecular flexibility index (Phi) is 6.63. The Morgan fingerprint density at radius 1 is 1.33 bits per heavy atom. The summed E-state index contributed by atoms with van der Waals surface area (Å²) in [7, 11) is 2.12. The second kappa shape index (κ2) is 8.30. The summed E-state index contributed by atoms with van der Waals surface area (Å²) in [6.45, 7) is 11.5. The Labute approximate surface area is 146 Å². The number of likely N-dealkylation sites (tertiary alicyclic amines) is 1. The molecule has 3 unspecified atom stereocenters. The summed E-state index contributed by atoms with van der Waals surface area (Å²) in [5.74, 6) is 0.367. The fourth-order valence-electron chi connectivity index (χ4n) is 4.20. The van der Waals surface area contributed by atoms with E-state index in [0.29, 0.717) is 19.0 Å². The molecule has 3 atom stereocenters. The van der Waals surface area contributed by atoms with E-state index in [1.807, 2.05) is 18.7 Å². The predicted octanol–water partition coefficient (Wildman–Crippen LogP) is 0.917. The third-order valence-corrected chi connectivity index (χ3v) is 5.76. The SMILES string of the molecule is CCN(CC)C(=O)CCC1CNC(=O)C2C(CCN2C(C)C)N1C. The third kappa shape index (κ3) is 3.91. The van der Waals surface area contributed by atoms with Gasteiger partial charge in [0.05, 0.1) is 0 Å². The van der Waals surface area contributed by atoms with Crippen LogP contribution in [0, 0.1) is 0 Å². The second-order valence-corrected chi connectivity index (χ2v) is 7.30. The van der Waals surface area contributed by atoms with Gasteiger partial charge in [0.25, 0.3) is 0 Å². The number of hydrogen-bond acceptors (Lipinski definition) is 4. The van der Waals surface area contributed by atoms with E-state index >= 15 is 0 Å². The minimum absolute atomic E-state index is 0.0570. The second-order valence-electron chi connectivity index (χ2n) is 7.30. The van der Waals surface area contributed by atoms with E-state index < -0.39 is 0 Å². The van der Waals surface area contributed by atoms with Crippen LogP contribution in [0.2, 0.25) is 0 Å². The standard InChI is InChI=1S/C18H34N4O2/c1-6-21(7-2)16(23)9-8-14-12-19-18(24)17-15(20(14)5)10-11-22(17)13(3)4/h13-15,17H,6-12H2,1-5H3,(H,19,24). The van der Waals surface area contributed by atoms with Crippen LogP contribution in [0.15, 0.2) is 0 Å². The van der Waals surface area contributed by atoms with Gasteiger partial charge in [0, 0.05) is 50.7 Å². The van der Waals surface area contributed by atoms with E-state index in [1.165, 1.54) is 0 Å². The number of hydrogen-bond donors (Lipinski definition) is 1. The molecule has 2 heterocycles. The normalized spacial score (nSPS) is 28.6. The van der Waals surface area contributed by atoms with E-state index in [-0.39, 0.29) is 29.9 Å². The van der Waals surface area contributed by atoms with Crippen molar-refractivity contribution < 1.29 is 9.59 Å². The summed E-state index contributed by atoms with van der Waals surface area (Å²) in [6.07, 6.45) is 2.38. The smallest absolute Gasteiger partial charge is 0.239 e. The van der Waals surface area contributed by atoms with Crippen molar-refractivity contribution in [1.29, 1.82) is 0 Å². The molecule has 2 saturated heterocycles. The number of nitrogens with one attached hydrogen (secondary N) is 1. The van der Waals surface area contributed by atoms with Crippen molar-refractivity contribution in [2.24, 2.45) is 0 Å². The lowest BCUT2D eigenvalue weighted by Crippen LogP contribution is -2.51. The Hall–Kier alpha value is -1.14. The van der Waals surface area contributed by atoms with Gasteiger partial charge in [0.2, 0.25) is 11.8 Å². The monoisotopic (exact) mass is 338 g/mol. The first-order valence-corrected chi connectivity index (χ1v) is 9.43. The molecule has 1 N–H and O–H groups in total. The van der Waals surface area contributed by atoms with Crippen molar-refractivity contribution in [2.75, 3.05) is 33.2 Å². The molecule has 2 aliphatic heterocycles. The molecule has 24 heavy (non-hydrogen) atoms. The van der Waals surface area contributed by atoms with Crippen LogP contribution < -0.4 is 5.32 Å². The third-order valence-electron chi connectivity index (χ3n) is 5.76. The topological polar surface area (TPSA) is 55.9 Å². The van der Waals surface area contributed by atoms with E-state index in [2.05, 4.69) is 36.0 Å². The summed E-state index contributed by atoms with van der Waals surface area (Å²) >= 11 is 0. The molecular weight excluding hydrogens is 304 g/mol. The van der Waals surface area contributed by atoms with Gasteiger partial charge in [0.1, 0.15) is 6.04 Å². The first-order valence-electron chi connectivity index (χ1n) is 9.43. The molecule has 0 saturated carbocycles. The molecule has 2 amide bonds. The molecule has 6 nitrogen and oxygen atoms in total. The van der Waals surface area contributed by atoms with E-state index in [0.717, 1.165) is 32.5 Å². The van der Waals surface area contributed by atoms with E-state index in [9.17, 15) is 9.59 Å². The maximum Gasteiger partial charge on any atom is 0.239 e. The molecule has 2 aliphatic rings. The number of rotatable bonds is 6. The fraction of sp³-hybridized carbons (Fsp3) is 0.889. The van der Waals surface area contributed by atoms with Crippen LogP contribution in [0.5, 0.6) is 0 Å². The molecule has 2 rings (SSSR count). The number of carbonyl (C=O) groups is 2. The molecule has 0 aliphatic carbocycles. The number of amides is 2.